The van der Waals surface area contributed by atoms with Gasteiger partial charge in [0, 0.05) is 0 Å². The van der Waals surface area contributed by atoms with Crippen molar-refractivity contribution in [3.8, 4) is 0 Å². The summed E-state index contributed by atoms with van der Waals surface area (Å²) in [5.74, 6) is -1.12. The van der Waals surface area contributed by atoms with Gasteiger partial charge in [0.15, 0.2) is 0 Å². The highest BCUT2D eigenvalue weighted by Gasteiger charge is 2.36. The predicted molar refractivity (Wildman–Crippen MR) is 51.6 cm³/mol. The number of hydrogen-bond acceptors (Lipinski definition) is 3. The Kier molecular flexibility index (Phi) is 1.81. The van der Waals surface area contributed by atoms with Gasteiger partial charge in [-0.25, -0.2) is 4.68 Å². The van der Waals surface area contributed by atoms with Crippen molar-refractivity contribution >= 4 is 5.97 Å². The smallest absolute Gasteiger partial charge is 0.312 e. The van der Waals surface area contributed by atoms with Gasteiger partial charge in [-0.15, -0.1) is 5.10 Å². The molecule has 1 unspecified atom stereocenters. The monoisotopic (exact) mass is 207 g/mol. The molecule has 1 aromatic rings. The van der Waals surface area contributed by atoms with E-state index in [1.54, 1.807) is 0 Å². The summed E-state index contributed by atoms with van der Waals surface area (Å²) in [6.45, 7) is 0. The topological polar surface area (TPSA) is 68.0 Å². The summed E-state index contributed by atoms with van der Waals surface area (Å²) in [6.07, 6.45) is 4.74. The molecule has 0 aliphatic heterocycles. The number of aryl methyl sites for hydroxylation is 1. The van der Waals surface area contributed by atoms with Crippen molar-refractivity contribution in [3.05, 3.63) is 11.4 Å². The summed E-state index contributed by atoms with van der Waals surface area (Å²) >= 11 is 0. The molecule has 0 spiro atoms. The SMILES string of the molecule is O=C(O)C1CCCc2nnn(C3CC3)c21. The van der Waals surface area contributed by atoms with Crippen LogP contribution in [0.15, 0.2) is 0 Å². The lowest BCUT2D eigenvalue weighted by atomic mass is 9.90. The number of fused-ring (bicyclic) bond motifs is 1. The van der Waals surface area contributed by atoms with Gasteiger partial charge in [0.05, 0.1) is 17.4 Å². The van der Waals surface area contributed by atoms with Crippen LogP contribution in [0.4, 0.5) is 0 Å². The molecule has 1 saturated carbocycles. The molecule has 0 aromatic carbocycles. The zero-order valence-electron chi connectivity index (χ0n) is 8.39. The average molecular weight is 207 g/mol. The predicted octanol–water partition coefficient (Wildman–Crippen LogP) is 1.12. The quantitative estimate of drug-likeness (QED) is 0.789. The molecule has 1 fully saturated rings. The maximum atomic E-state index is 11.1. The molecule has 2 aliphatic rings. The minimum Gasteiger partial charge on any atom is -0.481 e. The van der Waals surface area contributed by atoms with Crippen molar-refractivity contribution in [1.29, 1.82) is 0 Å². The normalized spacial score (nSPS) is 24.9. The molecular weight excluding hydrogens is 194 g/mol. The van der Waals surface area contributed by atoms with E-state index in [0.717, 1.165) is 43.5 Å². The first kappa shape index (κ1) is 8.88. The maximum absolute atomic E-state index is 11.1. The number of aromatic nitrogens is 3. The van der Waals surface area contributed by atoms with Gasteiger partial charge in [0.1, 0.15) is 5.92 Å². The van der Waals surface area contributed by atoms with Crippen LogP contribution in [0, 0.1) is 0 Å². The van der Waals surface area contributed by atoms with Crippen molar-refractivity contribution in [2.24, 2.45) is 0 Å². The van der Waals surface area contributed by atoms with Gasteiger partial charge >= 0.3 is 5.97 Å². The molecule has 1 aromatic heterocycles. The Bertz CT molecular complexity index is 409. The first-order chi connectivity index (χ1) is 7.27. The van der Waals surface area contributed by atoms with Crippen molar-refractivity contribution < 1.29 is 9.90 Å². The Hall–Kier alpha value is -1.39. The third kappa shape index (κ3) is 1.33. The summed E-state index contributed by atoms with van der Waals surface area (Å²) in [6, 6.07) is 0.418. The second kappa shape index (κ2) is 3.05. The average Bonchev–Trinajstić information content (AvgIpc) is 2.97. The third-order valence-electron chi connectivity index (χ3n) is 3.23. The van der Waals surface area contributed by atoms with Crippen LogP contribution in [0.3, 0.4) is 0 Å². The minimum absolute atomic E-state index is 0.385. The molecule has 5 nitrogen and oxygen atoms in total. The fourth-order valence-electron chi connectivity index (χ4n) is 2.31. The first-order valence-electron chi connectivity index (χ1n) is 5.44. The van der Waals surface area contributed by atoms with Gasteiger partial charge in [0.2, 0.25) is 0 Å². The lowest BCUT2D eigenvalue weighted by molar-refractivity contribution is -0.139. The van der Waals surface area contributed by atoms with E-state index in [2.05, 4.69) is 10.3 Å². The van der Waals surface area contributed by atoms with Crippen molar-refractivity contribution in [2.75, 3.05) is 0 Å². The molecule has 0 amide bonds. The molecule has 1 heterocycles. The largest absolute Gasteiger partial charge is 0.481 e. The Morgan fingerprint density at radius 3 is 2.87 bits per heavy atom. The van der Waals surface area contributed by atoms with Crippen LogP contribution in [0.25, 0.3) is 0 Å². The third-order valence-corrected chi connectivity index (χ3v) is 3.23. The van der Waals surface area contributed by atoms with E-state index in [-0.39, 0.29) is 5.92 Å². The van der Waals surface area contributed by atoms with Gasteiger partial charge in [-0.05, 0) is 32.1 Å². The van der Waals surface area contributed by atoms with Crippen LogP contribution in [0.5, 0.6) is 0 Å². The summed E-state index contributed by atoms with van der Waals surface area (Å²) in [5, 5.41) is 17.4. The van der Waals surface area contributed by atoms with Crippen LogP contribution in [-0.4, -0.2) is 26.1 Å². The Labute approximate surface area is 87.1 Å². The first-order valence-corrected chi connectivity index (χ1v) is 5.44. The van der Waals surface area contributed by atoms with E-state index in [4.69, 9.17) is 5.11 Å². The summed E-state index contributed by atoms with van der Waals surface area (Å²) in [7, 11) is 0. The highest BCUT2D eigenvalue weighted by atomic mass is 16.4. The van der Waals surface area contributed by atoms with Crippen molar-refractivity contribution in [1.82, 2.24) is 15.0 Å². The highest BCUT2D eigenvalue weighted by Crippen LogP contribution is 2.40. The number of hydrogen-bond donors (Lipinski definition) is 1. The fraction of sp³-hybridized carbons (Fsp3) is 0.700. The summed E-state index contributed by atoms with van der Waals surface area (Å²) in [5.41, 5.74) is 1.77. The number of rotatable bonds is 2. The molecule has 0 radical (unpaired) electrons. The molecule has 5 heteroatoms. The second-order valence-electron chi connectivity index (χ2n) is 4.38. The zero-order chi connectivity index (χ0) is 10.4. The van der Waals surface area contributed by atoms with Crippen molar-refractivity contribution in [2.45, 2.75) is 44.1 Å². The molecule has 0 bridgehead atoms. The van der Waals surface area contributed by atoms with E-state index in [0.29, 0.717) is 6.04 Å². The molecule has 1 N–H and O–H groups in total. The second-order valence-corrected chi connectivity index (χ2v) is 4.38. The molecule has 15 heavy (non-hydrogen) atoms. The van der Waals surface area contributed by atoms with Gasteiger partial charge < -0.3 is 5.11 Å². The molecule has 0 saturated heterocycles. The van der Waals surface area contributed by atoms with E-state index in [1.807, 2.05) is 4.68 Å². The van der Waals surface area contributed by atoms with Crippen LogP contribution < -0.4 is 0 Å². The van der Waals surface area contributed by atoms with Gasteiger partial charge in [0.25, 0.3) is 0 Å². The fourth-order valence-corrected chi connectivity index (χ4v) is 2.31. The standard InChI is InChI=1S/C10H13N3O2/c14-10(15)7-2-1-3-8-9(7)13(12-11-8)6-4-5-6/h6-7H,1-5H2,(H,14,15). The van der Waals surface area contributed by atoms with Crippen LogP contribution in [-0.2, 0) is 11.2 Å². The van der Waals surface area contributed by atoms with Crippen LogP contribution >= 0.6 is 0 Å². The lowest BCUT2D eigenvalue weighted by Gasteiger charge is -2.19. The number of nitrogens with zero attached hydrogens (tertiary/aromatic N) is 3. The number of carboxylic acid groups (broad SMARTS) is 1. The number of aliphatic carboxylic acids is 1. The van der Waals surface area contributed by atoms with Gasteiger partial charge in [-0.1, -0.05) is 5.21 Å². The van der Waals surface area contributed by atoms with E-state index < -0.39 is 5.97 Å². The Morgan fingerprint density at radius 1 is 1.40 bits per heavy atom. The molecule has 2 aliphatic carbocycles. The van der Waals surface area contributed by atoms with Crippen molar-refractivity contribution in [3.63, 3.8) is 0 Å². The van der Waals surface area contributed by atoms with Crippen LogP contribution in [0.2, 0.25) is 0 Å². The summed E-state index contributed by atoms with van der Waals surface area (Å²) < 4.78 is 1.85. The number of carbonyl (C=O) groups is 1. The van der Waals surface area contributed by atoms with E-state index in [1.165, 1.54) is 0 Å². The summed E-state index contributed by atoms with van der Waals surface area (Å²) in [4.78, 5) is 11.1. The number of carboxylic acids is 1. The van der Waals surface area contributed by atoms with Gasteiger partial charge in [-0.2, -0.15) is 0 Å². The lowest BCUT2D eigenvalue weighted by Crippen LogP contribution is -2.21. The highest BCUT2D eigenvalue weighted by molar-refractivity contribution is 5.76. The maximum Gasteiger partial charge on any atom is 0.312 e. The van der Waals surface area contributed by atoms with Crippen LogP contribution in [0.1, 0.15) is 49.0 Å². The van der Waals surface area contributed by atoms with E-state index in [9.17, 15) is 4.79 Å². The Morgan fingerprint density at radius 2 is 2.20 bits per heavy atom. The molecule has 3 rings (SSSR count). The molecular formula is C10H13N3O2. The van der Waals surface area contributed by atoms with E-state index >= 15 is 0 Å². The molecule has 80 valence electrons. The minimum atomic E-state index is -0.736. The molecule has 1 atom stereocenters. The Balaban J connectivity index is 2.06. The zero-order valence-corrected chi connectivity index (χ0v) is 8.39. The van der Waals surface area contributed by atoms with Gasteiger partial charge in [-0.3, -0.25) is 4.79 Å².